The zero-order valence-electron chi connectivity index (χ0n) is 12.0. The fraction of sp³-hybridized carbons (Fsp3) is 0.250. The second kappa shape index (κ2) is 5.85. The molecule has 0 radical (unpaired) electrons. The van der Waals surface area contributed by atoms with Crippen LogP contribution in [0.15, 0.2) is 40.8 Å². The monoisotopic (exact) mass is 319 g/mol. The molecule has 1 unspecified atom stereocenters. The van der Waals surface area contributed by atoms with Crippen molar-refractivity contribution in [3.05, 3.63) is 48.0 Å². The number of amides is 1. The molecule has 0 saturated carbocycles. The zero-order chi connectivity index (χ0) is 16.4. The van der Waals surface area contributed by atoms with Crippen LogP contribution in [0, 0.1) is 5.82 Å². The van der Waals surface area contributed by atoms with Gasteiger partial charge in [-0.25, -0.2) is 9.18 Å². The van der Waals surface area contributed by atoms with Crippen LogP contribution >= 0.6 is 0 Å². The van der Waals surface area contributed by atoms with Gasteiger partial charge in [-0.3, -0.25) is 4.79 Å². The van der Waals surface area contributed by atoms with Gasteiger partial charge in [-0.2, -0.15) is 0 Å². The topological polar surface area (TPSA) is 88.8 Å². The lowest BCUT2D eigenvalue weighted by molar-refractivity contribution is -0.144. The number of benzene rings is 1. The van der Waals surface area contributed by atoms with Crippen molar-refractivity contribution < 1.29 is 28.2 Å². The molecule has 3 rings (SSSR count). The quantitative estimate of drug-likeness (QED) is 0.900. The van der Waals surface area contributed by atoms with E-state index in [4.69, 9.17) is 9.15 Å². The van der Waals surface area contributed by atoms with Gasteiger partial charge in [0.1, 0.15) is 11.6 Å². The second-order valence-electron chi connectivity index (χ2n) is 5.31. The fourth-order valence-corrected chi connectivity index (χ4v) is 2.39. The van der Waals surface area contributed by atoms with E-state index in [9.17, 15) is 19.1 Å². The summed E-state index contributed by atoms with van der Waals surface area (Å²) in [6, 6.07) is 8.64. The predicted octanol–water partition coefficient (Wildman–Crippen LogP) is 2.06. The Bertz CT molecular complexity index is 731. The normalized spacial score (nSPS) is 20.4. The number of carbonyl (C=O) groups is 2. The summed E-state index contributed by atoms with van der Waals surface area (Å²) < 4.78 is 23.4. The molecule has 1 fully saturated rings. The highest BCUT2D eigenvalue weighted by Crippen LogP contribution is 2.24. The highest BCUT2D eigenvalue weighted by atomic mass is 19.1. The maximum atomic E-state index is 12.9. The van der Waals surface area contributed by atoms with Gasteiger partial charge in [-0.05, 0) is 36.4 Å². The van der Waals surface area contributed by atoms with Crippen LogP contribution < -0.4 is 5.32 Å². The van der Waals surface area contributed by atoms with E-state index in [2.05, 4.69) is 5.32 Å². The van der Waals surface area contributed by atoms with Crippen LogP contribution in [0.1, 0.15) is 17.0 Å². The van der Waals surface area contributed by atoms with Crippen molar-refractivity contribution in [3.63, 3.8) is 0 Å². The number of ether oxygens (including phenoxy) is 1. The van der Waals surface area contributed by atoms with Crippen LogP contribution in [0.4, 0.5) is 4.39 Å². The number of halogens is 1. The number of hydrogen-bond acceptors (Lipinski definition) is 4. The minimum absolute atomic E-state index is 0.0168. The summed E-state index contributed by atoms with van der Waals surface area (Å²) >= 11 is 0. The summed E-state index contributed by atoms with van der Waals surface area (Å²) in [5, 5.41) is 11.8. The lowest BCUT2D eigenvalue weighted by Gasteiger charge is -2.22. The molecule has 1 aromatic heterocycles. The van der Waals surface area contributed by atoms with Gasteiger partial charge in [-0.1, -0.05) is 0 Å². The van der Waals surface area contributed by atoms with Crippen molar-refractivity contribution in [1.82, 2.24) is 5.32 Å². The summed E-state index contributed by atoms with van der Waals surface area (Å²) in [7, 11) is 0. The smallest absolute Gasteiger partial charge is 0.331 e. The Morgan fingerprint density at radius 1 is 1.17 bits per heavy atom. The molecule has 1 aliphatic heterocycles. The average molecular weight is 319 g/mol. The van der Waals surface area contributed by atoms with E-state index in [-0.39, 0.29) is 31.2 Å². The number of hydrogen-bond donors (Lipinski definition) is 2. The first-order chi connectivity index (χ1) is 11.0. The molecule has 120 valence electrons. The molecule has 1 atom stereocenters. The molecule has 6 nitrogen and oxygen atoms in total. The van der Waals surface area contributed by atoms with E-state index in [0.29, 0.717) is 11.3 Å². The van der Waals surface area contributed by atoms with Gasteiger partial charge in [0.15, 0.2) is 11.3 Å². The van der Waals surface area contributed by atoms with Crippen LogP contribution in [-0.2, 0) is 9.53 Å². The SMILES string of the molecule is O=C(NC1(C(=O)O)CCOC1)c1ccc(-c2ccc(F)cc2)o1. The minimum Gasteiger partial charge on any atom is -0.479 e. The second-order valence-corrected chi connectivity index (χ2v) is 5.31. The van der Waals surface area contributed by atoms with Crippen LogP contribution in [0.25, 0.3) is 11.3 Å². The van der Waals surface area contributed by atoms with E-state index >= 15 is 0 Å². The number of aliphatic carboxylic acids is 1. The predicted molar refractivity (Wildman–Crippen MR) is 77.4 cm³/mol. The zero-order valence-corrected chi connectivity index (χ0v) is 12.0. The standard InChI is InChI=1S/C16H14FNO5/c17-11-3-1-10(2-4-11)12-5-6-13(23-12)14(19)18-16(15(20)21)7-8-22-9-16/h1-6H,7-9H2,(H,18,19)(H,20,21). The van der Waals surface area contributed by atoms with Gasteiger partial charge >= 0.3 is 5.97 Å². The third-order valence-corrected chi connectivity index (χ3v) is 3.74. The Balaban J connectivity index is 1.78. The van der Waals surface area contributed by atoms with Gasteiger partial charge in [0.05, 0.1) is 6.61 Å². The lowest BCUT2D eigenvalue weighted by atomic mass is 9.99. The number of carbonyl (C=O) groups excluding carboxylic acids is 1. The first-order valence-electron chi connectivity index (χ1n) is 7.00. The highest BCUT2D eigenvalue weighted by Gasteiger charge is 2.44. The molecule has 1 aromatic carbocycles. The molecule has 7 heteroatoms. The van der Waals surface area contributed by atoms with Gasteiger partial charge in [0, 0.05) is 18.6 Å². The fourth-order valence-electron chi connectivity index (χ4n) is 2.39. The molecule has 23 heavy (non-hydrogen) atoms. The van der Waals surface area contributed by atoms with E-state index in [0.717, 1.165) is 0 Å². The number of rotatable bonds is 4. The van der Waals surface area contributed by atoms with Crippen molar-refractivity contribution >= 4 is 11.9 Å². The Morgan fingerprint density at radius 2 is 1.91 bits per heavy atom. The van der Waals surface area contributed by atoms with Crippen LogP contribution in [0.3, 0.4) is 0 Å². The Morgan fingerprint density at radius 3 is 2.52 bits per heavy atom. The van der Waals surface area contributed by atoms with Crippen LogP contribution in [0.5, 0.6) is 0 Å². The number of furan rings is 1. The highest BCUT2D eigenvalue weighted by molar-refractivity contribution is 5.96. The van der Waals surface area contributed by atoms with E-state index in [1.807, 2.05) is 0 Å². The van der Waals surface area contributed by atoms with Crippen molar-refractivity contribution in [2.24, 2.45) is 0 Å². The molecule has 2 N–H and O–H groups in total. The van der Waals surface area contributed by atoms with Gasteiger partial charge in [0.2, 0.25) is 0 Å². The Hall–Kier alpha value is -2.67. The van der Waals surface area contributed by atoms with Gasteiger partial charge in [-0.15, -0.1) is 0 Å². The molecular weight excluding hydrogens is 305 g/mol. The molecule has 1 aliphatic rings. The molecule has 0 spiro atoms. The third kappa shape index (κ3) is 2.95. The minimum atomic E-state index is -1.43. The average Bonchev–Trinajstić information content (AvgIpc) is 3.17. The summed E-state index contributed by atoms with van der Waals surface area (Å²) in [6.07, 6.45) is 0.194. The maximum absolute atomic E-state index is 12.9. The van der Waals surface area contributed by atoms with Crippen molar-refractivity contribution in [1.29, 1.82) is 0 Å². The molecular formula is C16H14FNO5. The molecule has 1 amide bonds. The summed E-state index contributed by atoms with van der Waals surface area (Å²) in [4.78, 5) is 23.6. The molecule has 0 bridgehead atoms. The maximum Gasteiger partial charge on any atom is 0.331 e. The van der Waals surface area contributed by atoms with E-state index < -0.39 is 17.4 Å². The van der Waals surface area contributed by atoms with Crippen molar-refractivity contribution in [2.75, 3.05) is 13.2 Å². The molecule has 1 saturated heterocycles. The lowest BCUT2D eigenvalue weighted by Crippen LogP contribution is -2.55. The van der Waals surface area contributed by atoms with E-state index in [1.165, 1.54) is 30.3 Å². The van der Waals surface area contributed by atoms with Crippen LogP contribution in [-0.4, -0.2) is 35.7 Å². The Labute approximate surface area is 130 Å². The van der Waals surface area contributed by atoms with Crippen LogP contribution in [0.2, 0.25) is 0 Å². The summed E-state index contributed by atoms with van der Waals surface area (Å²) in [5.74, 6) is -1.78. The summed E-state index contributed by atoms with van der Waals surface area (Å²) in [6.45, 7) is 0.186. The van der Waals surface area contributed by atoms with E-state index in [1.54, 1.807) is 6.07 Å². The largest absolute Gasteiger partial charge is 0.479 e. The third-order valence-electron chi connectivity index (χ3n) is 3.74. The first-order valence-corrected chi connectivity index (χ1v) is 7.00. The molecule has 2 aromatic rings. The molecule has 0 aliphatic carbocycles. The summed E-state index contributed by atoms with van der Waals surface area (Å²) in [5.41, 5.74) is -0.817. The number of carboxylic acids is 1. The van der Waals surface area contributed by atoms with Gasteiger partial charge in [0.25, 0.3) is 5.91 Å². The number of carboxylic acid groups (broad SMARTS) is 1. The Kier molecular flexibility index (Phi) is 3.87. The van der Waals surface area contributed by atoms with Gasteiger partial charge < -0.3 is 19.6 Å². The first kappa shape index (κ1) is 15.2. The number of nitrogens with one attached hydrogen (secondary N) is 1. The van der Waals surface area contributed by atoms with Crippen molar-refractivity contribution in [2.45, 2.75) is 12.0 Å². The van der Waals surface area contributed by atoms with Crippen molar-refractivity contribution in [3.8, 4) is 11.3 Å². The molecule has 2 heterocycles.